The number of Topliss-reactive ketones (excluding diaryl/α,β-unsaturated/α-hetero) is 1. The van der Waals surface area contributed by atoms with Crippen molar-refractivity contribution in [3.05, 3.63) is 70.7 Å². The maximum absolute atomic E-state index is 13.8. The largest absolute Gasteiger partial charge is 0.292 e. The van der Waals surface area contributed by atoms with Crippen LogP contribution in [-0.2, 0) is 9.59 Å². The molecular weight excluding hydrogens is 588 g/mol. The van der Waals surface area contributed by atoms with Gasteiger partial charge < -0.3 is 0 Å². The molecule has 1 aliphatic heterocycles. The maximum Gasteiger partial charge on any atom is 0.275 e. The second-order valence-electron chi connectivity index (χ2n) is 8.49. The van der Waals surface area contributed by atoms with Crippen LogP contribution in [0.15, 0.2) is 54.6 Å². The SMILES string of the molecule is CC[C@H](C(=O)c1ccccc1)N(C(=O)c1ccccc1Cl)N1C(=O)[C@H]2C[C@@H](Br)[C@@H](Br)C[C@H]2C1=O. The highest BCUT2D eigenvalue weighted by Gasteiger charge is 2.56. The van der Waals surface area contributed by atoms with Crippen molar-refractivity contribution in [1.29, 1.82) is 0 Å². The molecule has 1 heterocycles. The molecule has 178 valence electrons. The van der Waals surface area contributed by atoms with Gasteiger partial charge in [0.25, 0.3) is 17.7 Å². The van der Waals surface area contributed by atoms with Crippen molar-refractivity contribution in [2.45, 2.75) is 41.9 Å². The molecule has 0 N–H and O–H groups in total. The van der Waals surface area contributed by atoms with Crippen molar-refractivity contribution in [3.8, 4) is 0 Å². The number of imide groups is 1. The molecule has 1 aliphatic carbocycles. The van der Waals surface area contributed by atoms with Crippen LogP contribution < -0.4 is 0 Å². The predicted octanol–water partition coefficient (Wildman–Crippen LogP) is 5.28. The number of benzene rings is 2. The number of carbonyl (C=O) groups is 4. The second kappa shape index (κ2) is 10.3. The van der Waals surface area contributed by atoms with E-state index in [2.05, 4.69) is 31.9 Å². The molecular formula is C25H23Br2ClN2O4. The van der Waals surface area contributed by atoms with Gasteiger partial charge in [0.1, 0.15) is 6.04 Å². The molecule has 2 aromatic rings. The molecule has 9 heteroatoms. The molecule has 34 heavy (non-hydrogen) atoms. The zero-order chi connectivity index (χ0) is 24.6. The minimum Gasteiger partial charge on any atom is -0.292 e. The fourth-order valence-corrected chi connectivity index (χ4v) is 6.14. The number of carbonyl (C=O) groups excluding carboxylic acids is 4. The lowest BCUT2D eigenvalue weighted by atomic mass is 9.81. The van der Waals surface area contributed by atoms with Crippen molar-refractivity contribution in [2.24, 2.45) is 11.8 Å². The lowest BCUT2D eigenvalue weighted by Gasteiger charge is -2.36. The summed E-state index contributed by atoms with van der Waals surface area (Å²) >= 11 is 13.5. The van der Waals surface area contributed by atoms with Gasteiger partial charge in [-0.1, -0.05) is 92.8 Å². The van der Waals surface area contributed by atoms with Gasteiger partial charge >= 0.3 is 0 Å². The summed E-state index contributed by atoms with van der Waals surface area (Å²) in [5, 5.41) is 2.14. The molecule has 5 atom stereocenters. The standard InChI is InChI=1S/C25H23Br2ClN2O4/c1-2-21(22(31)14-8-4-3-5-9-14)29(23(32)15-10-6-7-11-20(15)28)30-24(33)16-12-18(26)19(27)13-17(16)25(30)34/h3-11,16-19,21H,2,12-13H2,1H3/t16-,17+,18+,19-,21-/m1/s1. The second-order valence-corrected chi connectivity index (χ2v) is 11.2. The molecule has 1 saturated heterocycles. The molecule has 1 saturated carbocycles. The van der Waals surface area contributed by atoms with E-state index in [1.807, 2.05) is 0 Å². The van der Waals surface area contributed by atoms with E-state index < -0.39 is 35.6 Å². The number of halogens is 3. The first-order valence-electron chi connectivity index (χ1n) is 11.1. The maximum atomic E-state index is 13.8. The van der Waals surface area contributed by atoms with Crippen LogP contribution in [0.4, 0.5) is 0 Å². The fraction of sp³-hybridized carbons (Fsp3) is 0.360. The molecule has 0 spiro atoms. The van der Waals surface area contributed by atoms with Crippen LogP contribution in [0.1, 0.15) is 46.9 Å². The van der Waals surface area contributed by atoms with Crippen LogP contribution in [0.25, 0.3) is 0 Å². The summed E-state index contributed by atoms with van der Waals surface area (Å²) in [7, 11) is 0. The van der Waals surface area contributed by atoms with Crippen LogP contribution in [0.2, 0.25) is 5.02 Å². The van der Waals surface area contributed by atoms with E-state index in [1.165, 1.54) is 6.07 Å². The number of amides is 3. The summed E-state index contributed by atoms with van der Waals surface area (Å²) in [4.78, 5) is 54.6. The molecule has 0 aromatic heterocycles. The van der Waals surface area contributed by atoms with E-state index >= 15 is 0 Å². The van der Waals surface area contributed by atoms with Crippen LogP contribution >= 0.6 is 43.5 Å². The van der Waals surface area contributed by atoms with E-state index in [1.54, 1.807) is 55.5 Å². The molecule has 3 amide bonds. The topological polar surface area (TPSA) is 74.8 Å². The number of rotatable bonds is 6. The molecule has 2 fully saturated rings. The zero-order valence-electron chi connectivity index (χ0n) is 18.4. The lowest BCUT2D eigenvalue weighted by molar-refractivity contribution is -0.156. The highest BCUT2D eigenvalue weighted by Crippen LogP contribution is 2.44. The molecule has 0 radical (unpaired) electrons. The molecule has 2 aromatic carbocycles. The Morgan fingerprint density at radius 3 is 2.03 bits per heavy atom. The van der Waals surface area contributed by atoms with Gasteiger partial charge in [-0.3, -0.25) is 19.2 Å². The molecule has 4 rings (SSSR count). The number of fused-ring (bicyclic) bond motifs is 1. The van der Waals surface area contributed by atoms with Crippen molar-refractivity contribution in [3.63, 3.8) is 0 Å². The summed E-state index contributed by atoms with van der Waals surface area (Å²) in [6, 6.07) is 13.9. The highest BCUT2D eigenvalue weighted by molar-refractivity contribution is 9.12. The Morgan fingerprint density at radius 2 is 1.50 bits per heavy atom. The van der Waals surface area contributed by atoms with Crippen molar-refractivity contribution >= 4 is 67.0 Å². The molecule has 0 unspecified atom stereocenters. The number of alkyl halides is 2. The first-order chi connectivity index (χ1) is 16.3. The van der Waals surface area contributed by atoms with Gasteiger partial charge in [0.2, 0.25) is 0 Å². The van der Waals surface area contributed by atoms with E-state index in [-0.39, 0.29) is 32.4 Å². The van der Waals surface area contributed by atoms with E-state index in [4.69, 9.17) is 11.6 Å². The Hall–Kier alpha value is -2.03. The lowest BCUT2D eigenvalue weighted by Crippen LogP contribution is -2.57. The van der Waals surface area contributed by atoms with Crippen molar-refractivity contribution < 1.29 is 19.2 Å². The van der Waals surface area contributed by atoms with Gasteiger partial charge in [0.05, 0.1) is 22.4 Å². The van der Waals surface area contributed by atoms with Gasteiger partial charge in [-0.25, -0.2) is 5.01 Å². The Labute approximate surface area is 219 Å². The van der Waals surface area contributed by atoms with Gasteiger partial charge in [-0.2, -0.15) is 5.01 Å². The number of nitrogens with zero attached hydrogens (tertiary/aromatic N) is 2. The van der Waals surface area contributed by atoms with E-state index in [9.17, 15) is 19.2 Å². The Morgan fingerprint density at radius 1 is 0.971 bits per heavy atom. The van der Waals surface area contributed by atoms with Gasteiger partial charge in [-0.15, -0.1) is 0 Å². The zero-order valence-corrected chi connectivity index (χ0v) is 22.3. The average molecular weight is 611 g/mol. The average Bonchev–Trinajstić information content (AvgIpc) is 3.07. The van der Waals surface area contributed by atoms with Gasteiger partial charge in [-0.05, 0) is 31.4 Å². The summed E-state index contributed by atoms with van der Waals surface area (Å²) < 4.78 is 0. The number of ketones is 1. The molecule has 6 nitrogen and oxygen atoms in total. The van der Waals surface area contributed by atoms with Crippen LogP contribution in [0, 0.1) is 11.8 Å². The quantitative estimate of drug-likeness (QED) is 0.254. The highest BCUT2D eigenvalue weighted by atomic mass is 79.9. The monoisotopic (exact) mass is 608 g/mol. The number of hydrogen-bond donors (Lipinski definition) is 0. The summed E-state index contributed by atoms with van der Waals surface area (Å²) in [6.07, 6.45) is 1.12. The van der Waals surface area contributed by atoms with Gasteiger partial charge in [0.15, 0.2) is 5.78 Å². The summed E-state index contributed by atoms with van der Waals surface area (Å²) in [5.41, 5.74) is 0.513. The third-order valence-electron chi connectivity index (χ3n) is 6.46. The van der Waals surface area contributed by atoms with Crippen molar-refractivity contribution in [2.75, 3.05) is 0 Å². The smallest absolute Gasteiger partial charge is 0.275 e. The Kier molecular flexibility index (Phi) is 7.60. The predicted molar refractivity (Wildman–Crippen MR) is 136 cm³/mol. The third-order valence-corrected chi connectivity index (χ3v) is 9.52. The Bertz CT molecular complexity index is 1100. The third kappa shape index (κ3) is 4.48. The summed E-state index contributed by atoms with van der Waals surface area (Å²) in [5.74, 6) is -3.05. The summed E-state index contributed by atoms with van der Waals surface area (Å²) in [6.45, 7) is 1.75. The molecule has 2 aliphatic rings. The van der Waals surface area contributed by atoms with Crippen LogP contribution in [0.5, 0.6) is 0 Å². The first kappa shape index (κ1) is 25.1. The van der Waals surface area contributed by atoms with Crippen molar-refractivity contribution in [1.82, 2.24) is 10.0 Å². The Balaban J connectivity index is 1.80. The van der Waals surface area contributed by atoms with Gasteiger partial charge in [0, 0.05) is 15.2 Å². The van der Waals surface area contributed by atoms with Crippen LogP contribution in [0.3, 0.4) is 0 Å². The van der Waals surface area contributed by atoms with E-state index in [0.717, 1.165) is 10.0 Å². The normalized spacial score (nSPS) is 25.1. The number of hydrazine groups is 1. The minimum absolute atomic E-state index is 0.0195. The van der Waals surface area contributed by atoms with Crippen LogP contribution in [-0.4, -0.2) is 49.2 Å². The minimum atomic E-state index is -1.06. The molecule has 0 bridgehead atoms. The van der Waals surface area contributed by atoms with E-state index in [0.29, 0.717) is 18.4 Å². The first-order valence-corrected chi connectivity index (χ1v) is 13.3. The number of hydrogen-bond acceptors (Lipinski definition) is 4. The fourth-order valence-electron chi connectivity index (χ4n) is 4.68.